The van der Waals surface area contributed by atoms with Crippen LogP contribution in [0.3, 0.4) is 0 Å². The van der Waals surface area contributed by atoms with E-state index in [2.05, 4.69) is 0 Å². The fourth-order valence-corrected chi connectivity index (χ4v) is 4.77. The third-order valence-corrected chi connectivity index (χ3v) is 6.72. The smallest absolute Gasteiger partial charge is 0.183 e. The lowest BCUT2D eigenvalue weighted by Gasteiger charge is -2.35. The number of aryl methyl sites for hydroxylation is 1. The van der Waals surface area contributed by atoms with Crippen molar-refractivity contribution in [1.82, 2.24) is 0 Å². The van der Waals surface area contributed by atoms with Crippen molar-refractivity contribution in [3.63, 3.8) is 0 Å². The molecule has 1 fully saturated rings. The molecule has 28 heavy (non-hydrogen) atoms. The molecular weight excluding hydrogens is 376 g/mol. The Bertz CT molecular complexity index is 905. The second kappa shape index (κ2) is 7.40. The van der Waals surface area contributed by atoms with Crippen molar-refractivity contribution >= 4 is 23.2 Å². The van der Waals surface area contributed by atoms with Gasteiger partial charge in [-0.1, -0.05) is 38.4 Å². The number of carbonyl (C=O) groups is 2. The van der Waals surface area contributed by atoms with Crippen molar-refractivity contribution in [3.8, 4) is 0 Å². The van der Waals surface area contributed by atoms with Crippen molar-refractivity contribution in [2.45, 2.75) is 59.3 Å². The molecule has 0 heterocycles. The monoisotopic (exact) mass is 402 g/mol. The molecule has 0 aromatic heterocycles. The number of hydrogen-bond donors (Lipinski definition) is 2. The summed E-state index contributed by atoms with van der Waals surface area (Å²) in [6.45, 7) is 7.41. The number of hydrogen-bond acceptors (Lipinski definition) is 4. The molecular formula is C23H27ClO4. The average molecular weight is 403 g/mol. The van der Waals surface area contributed by atoms with Gasteiger partial charge in [-0.25, -0.2) is 0 Å². The highest BCUT2D eigenvalue weighted by atomic mass is 35.5. The molecule has 3 rings (SSSR count). The maximum absolute atomic E-state index is 13.3. The van der Waals surface area contributed by atoms with Crippen molar-refractivity contribution in [3.05, 3.63) is 57.0 Å². The van der Waals surface area contributed by atoms with Gasteiger partial charge < -0.3 is 10.2 Å². The third kappa shape index (κ3) is 2.98. The zero-order chi connectivity index (χ0) is 20.8. The second-order valence-electron chi connectivity index (χ2n) is 7.84. The van der Waals surface area contributed by atoms with Crippen molar-refractivity contribution in [2.24, 2.45) is 11.3 Å². The molecule has 2 N–H and O–H groups in total. The van der Waals surface area contributed by atoms with Crippen LogP contribution in [0.1, 0.15) is 63.5 Å². The number of Topliss-reactive ketones (excluding diaryl/α,β-unsaturated/α-hetero) is 2. The van der Waals surface area contributed by atoms with Gasteiger partial charge in [0.2, 0.25) is 0 Å². The highest BCUT2D eigenvalue weighted by molar-refractivity contribution is 6.30. The largest absolute Gasteiger partial charge is 0.511 e. The highest BCUT2D eigenvalue weighted by Gasteiger charge is 2.53. The Morgan fingerprint density at radius 1 is 1.21 bits per heavy atom. The van der Waals surface area contributed by atoms with Crippen LogP contribution in [0.4, 0.5) is 0 Å². The summed E-state index contributed by atoms with van der Waals surface area (Å²) in [6, 6.07) is 5.61. The number of aliphatic hydroxyl groups excluding tert-OH is 2. The summed E-state index contributed by atoms with van der Waals surface area (Å²) < 4.78 is 0. The minimum atomic E-state index is -1.12. The maximum Gasteiger partial charge on any atom is 0.183 e. The van der Waals surface area contributed by atoms with E-state index in [9.17, 15) is 19.8 Å². The number of halogens is 1. The molecule has 2 aliphatic carbocycles. The second-order valence-corrected chi connectivity index (χ2v) is 8.27. The van der Waals surface area contributed by atoms with E-state index in [1.807, 2.05) is 32.9 Å². The quantitative estimate of drug-likeness (QED) is 0.594. The number of aliphatic hydroxyl groups is 2. The summed E-state index contributed by atoms with van der Waals surface area (Å²) in [5.74, 6) is -1.49. The lowest BCUT2D eigenvalue weighted by molar-refractivity contribution is -0.129. The fraction of sp³-hybridized carbons (Fsp3) is 0.478. The number of benzene rings is 1. The summed E-state index contributed by atoms with van der Waals surface area (Å²) in [5, 5.41) is 22.0. The lowest BCUT2D eigenvalue weighted by Crippen LogP contribution is -2.40. The molecule has 0 radical (unpaired) electrons. The van der Waals surface area contributed by atoms with Gasteiger partial charge in [0.25, 0.3) is 0 Å². The van der Waals surface area contributed by atoms with Gasteiger partial charge in [0.05, 0.1) is 5.41 Å². The van der Waals surface area contributed by atoms with Gasteiger partial charge in [-0.05, 0) is 61.8 Å². The Labute approximate surface area is 170 Å². The van der Waals surface area contributed by atoms with Gasteiger partial charge in [-0.15, -0.1) is 0 Å². The van der Waals surface area contributed by atoms with Crippen LogP contribution in [-0.2, 0) is 9.59 Å². The van der Waals surface area contributed by atoms with E-state index in [1.54, 1.807) is 13.0 Å². The topological polar surface area (TPSA) is 74.6 Å². The number of allylic oxidation sites excluding steroid dienone is 3. The molecule has 5 heteroatoms. The summed E-state index contributed by atoms with van der Waals surface area (Å²) in [7, 11) is 0. The molecule has 1 saturated carbocycles. The molecule has 150 valence electrons. The first-order valence-corrected chi connectivity index (χ1v) is 10.3. The van der Waals surface area contributed by atoms with Crippen LogP contribution in [-0.4, -0.2) is 21.8 Å². The van der Waals surface area contributed by atoms with Gasteiger partial charge in [-0.3, -0.25) is 9.59 Å². The van der Waals surface area contributed by atoms with Crippen LogP contribution >= 0.6 is 11.6 Å². The van der Waals surface area contributed by atoms with E-state index >= 15 is 0 Å². The first-order chi connectivity index (χ1) is 13.2. The Morgan fingerprint density at radius 2 is 1.86 bits per heavy atom. The zero-order valence-electron chi connectivity index (χ0n) is 16.8. The third-order valence-electron chi connectivity index (χ3n) is 6.49. The van der Waals surface area contributed by atoms with Crippen molar-refractivity contribution < 1.29 is 19.8 Å². The van der Waals surface area contributed by atoms with E-state index < -0.39 is 11.2 Å². The predicted octanol–water partition coefficient (Wildman–Crippen LogP) is 5.74. The molecule has 0 spiro atoms. The molecule has 4 nitrogen and oxygen atoms in total. The molecule has 1 aromatic rings. The normalized spacial score (nSPS) is 24.0. The molecule has 1 aromatic carbocycles. The first-order valence-electron chi connectivity index (χ1n) is 9.94. The summed E-state index contributed by atoms with van der Waals surface area (Å²) >= 11 is 6.03. The van der Waals surface area contributed by atoms with Crippen molar-refractivity contribution in [1.29, 1.82) is 0 Å². The van der Waals surface area contributed by atoms with Crippen LogP contribution in [0.5, 0.6) is 0 Å². The van der Waals surface area contributed by atoms with Crippen LogP contribution < -0.4 is 0 Å². The van der Waals surface area contributed by atoms with Gasteiger partial charge in [-0.2, -0.15) is 0 Å². The van der Waals surface area contributed by atoms with Crippen LogP contribution in [0.2, 0.25) is 5.02 Å². The van der Waals surface area contributed by atoms with E-state index in [-0.39, 0.29) is 34.7 Å². The number of rotatable bonds is 6. The SMILES string of the molecule is CCC1=C(O)C(CC)(CC)C(=O)C(C(=O)C2CC2c2ccc(Cl)cc2C)=C1O. The zero-order valence-corrected chi connectivity index (χ0v) is 17.6. The minimum absolute atomic E-state index is 0.0279. The highest BCUT2D eigenvalue weighted by Crippen LogP contribution is 2.53. The summed E-state index contributed by atoms with van der Waals surface area (Å²) in [4.78, 5) is 26.5. The Kier molecular flexibility index (Phi) is 5.46. The Hall–Kier alpha value is -2.07. The van der Waals surface area contributed by atoms with E-state index in [1.165, 1.54) is 0 Å². The first kappa shape index (κ1) is 20.7. The van der Waals surface area contributed by atoms with Crippen LogP contribution in [0, 0.1) is 18.3 Å². The summed E-state index contributed by atoms with van der Waals surface area (Å²) in [5.41, 5.74) is 1.13. The minimum Gasteiger partial charge on any atom is -0.511 e. The summed E-state index contributed by atoms with van der Waals surface area (Å²) in [6.07, 6.45) is 1.76. The van der Waals surface area contributed by atoms with E-state index in [0.29, 0.717) is 36.3 Å². The van der Waals surface area contributed by atoms with E-state index in [0.717, 1.165) is 11.1 Å². The molecule has 2 atom stereocenters. The van der Waals surface area contributed by atoms with Crippen molar-refractivity contribution in [2.75, 3.05) is 0 Å². The van der Waals surface area contributed by atoms with Gasteiger partial charge in [0.15, 0.2) is 11.6 Å². The van der Waals surface area contributed by atoms with E-state index in [4.69, 9.17) is 11.6 Å². The molecule has 0 aliphatic heterocycles. The lowest BCUT2D eigenvalue weighted by atomic mass is 9.67. The fourth-order valence-electron chi connectivity index (χ4n) is 4.54. The molecule has 0 saturated heterocycles. The molecule has 0 amide bonds. The predicted molar refractivity (Wildman–Crippen MR) is 110 cm³/mol. The van der Waals surface area contributed by atoms with Crippen LogP contribution in [0.15, 0.2) is 40.9 Å². The maximum atomic E-state index is 13.3. The molecule has 0 bridgehead atoms. The van der Waals surface area contributed by atoms with Crippen LogP contribution in [0.25, 0.3) is 0 Å². The van der Waals surface area contributed by atoms with Gasteiger partial charge in [0.1, 0.15) is 17.1 Å². The van der Waals surface area contributed by atoms with Gasteiger partial charge >= 0.3 is 0 Å². The standard InChI is InChI=1S/C23H27ClO4/c1-5-14-19(25)18(22(28)23(6-2,7-3)21(14)27)20(26)17-11-16(17)15-9-8-13(24)10-12(15)4/h8-10,16-17,25,27H,5-7,11H2,1-4H3. The number of ketones is 2. The number of carbonyl (C=O) groups excluding carboxylic acids is 2. The Balaban J connectivity index is 1.99. The average Bonchev–Trinajstić information content (AvgIpc) is 3.43. The Morgan fingerprint density at radius 3 is 2.39 bits per heavy atom. The molecule has 2 unspecified atom stereocenters. The molecule has 2 aliphatic rings. The van der Waals surface area contributed by atoms with Gasteiger partial charge in [0, 0.05) is 16.5 Å².